The minimum absolute atomic E-state index is 0.961. The maximum absolute atomic E-state index is 5.52. The fourth-order valence-electron chi connectivity index (χ4n) is 8.73. The molecule has 0 spiro atoms. The lowest BCUT2D eigenvalue weighted by Crippen LogP contribution is -2.49. The molecule has 0 unspecified atom stereocenters. The van der Waals surface area contributed by atoms with Crippen molar-refractivity contribution in [1.82, 2.24) is 4.98 Å². The third kappa shape index (κ3) is 5.09. The van der Waals surface area contributed by atoms with Gasteiger partial charge in [0.2, 0.25) is 0 Å². The van der Waals surface area contributed by atoms with Gasteiger partial charge in [-0.05, 0) is 88.6 Å². The van der Waals surface area contributed by atoms with E-state index in [1.165, 1.54) is 76.4 Å². The molecule has 0 atom stereocenters. The molecule has 10 rings (SSSR count). The Morgan fingerprint density at radius 1 is 0.321 bits per heavy atom. The molecule has 2 heteroatoms. The molecule has 0 amide bonds. The second kappa shape index (κ2) is 12.4. The molecular formula is C51H37NSi. The van der Waals surface area contributed by atoms with Crippen LogP contribution in [-0.4, -0.2) is 13.1 Å². The van der Waals surface area contributed by atoms with Crippen LogP contribution in [0.1, 0.15) is 0 Å². The normalized spacial score (nSPS) is 12.9. The van der Waals surface area contributed by atoms with Gasteiger partial charge in [0.1, 0.15) is 8.07 Å². The first-order valence-corrected chi connectivity index (χ1v) is 21.5. The first-order chi connectivity index (χ1) is 26.1. The molecule has 0 fully saturated rings. The Kier molecular flexibility index (Phi) is 7.35. The third-order valence-electron chi connectivity index (χ3n) is 11.3. The van der Waals surface area contributed by atoms with Gasteiger partial charge in [0.15, 0.2) is 0 Å². The summed E-state index contributed by atoms with van der Waals surface area (Å²) in [6.45, 7) is 5.00. The first kappa shape index (κ1) is 31.4. The van der Waals surface area contributed by atoms with Gasteiger partial charge >= 0.3 is 0 Å². The SMILES string of the molecule is C[Si]1(C)c2ccccc2-c2c(-c3c4ccccc4c(-c4cc(-c5ccccc5)cc(-c5ccc(-c6ccccc6)cc5)n4)c4ccccc34)cccc21. The Bertz CT molecular complexity index is 2780. The minimum atomic E-state index is -1.85. The molecule has 1 nitrogen and oxygen atoms in total. The van der Waals surface area contributed by atoms with Crippen molar-refractivity contribution < 1.29 is 0 Å². The molecule has 53 heavy (non-hydrogen) atoms. The van der Waals surface area contributed by atoms with Crippen molar-refractivity contribution in [2.45, 2.75) is 13.1 Å². The Labute approximate surface area is 311 Å². The minimum Gasteiger partial charge on any atom is -0.248 e. The average Bonchev–Trinajstić information content (AvgIpc) is 3.46. The smallest absolute Gasteiger partial charge is 0.113 e. The molecule has 0 saturated carbocycles. The number of hydrogen-bond acceptors (Lipinski definition) is 1. The van der Waals surface area contributed by atoms with E-state index in [9.17, 15) is 0 Å². The van der Waals surface area contributed by atoms with Crippen LogP contribution in [0.2, 0.25) is 13.1 Å². The van der Waals surface area contributed by atoms with Crippen molar-refractivity contribution in [3.8, 4) is 67.0 Å². The van der Waals surface area contributed by atoms with Crippen LogP contribution >= 0.6 is 0 Å². The Hall–Kier alpha value is -6.35. The number of rotatable bonds is 5. The number of nitrogens with zero attached hydrogens (tertiary/aromatic N) is 1. The van der Waals surface area contributed by atoms with E-state index in [1.54, 1.807) is 0 Å². The molecule has 0 saturated heterocycles. The molecule has 1 aromatic heterocycles. The third-order valence-corrected chi connectivity index (χ3v) is 14.8. The molecule has 2 heterocycles. The van der Waals surface area contributed by atoms with Crippen LogP contribution in [0.3, 0.4) is 0 Å². The van der Waals surface area contributed by atoms with Crippen molar-refractivity contribution in [2.75, 3.05) is 0 Å². The molecule has 0 aliphatic carbocycles. The summed E-state index contributed by atoms with van der Waals surface area (Å²) >= 11 is 0. The lowest BCUT2D eigenvalue weighted by molar-refractivity contribution is 1.33. The molecule has 0 bridgehead atoms. The fourth-order valence-corrected chi connectivity index (χ4v) is 11.8. The van der Waals surface area contributed by atoms with Crippen molar-refractivity contribution in [3.05, 3.63) is 188 Å². The van der Waals surface area contributed by atoms with Gasteiger partial charge in [-0.15, -0.1) is 0 Å². The van der Waals surface area contributed by atoms with E-state index in [-0.39, 0.29) is 0 Å². The van der Waals surface area contributed by atoms with Crippen molar-refractivity contribution in [1.29, 1.82) is 0 Å². The van der Waals surface area contributed by atoms with E-state index in [4.69, 9.17) is 4.98 Å². The Morgan fingerprint density at radius 3 is 1.42 bits per heavy atom. The molecule has 1 aliphatic rings. The van der Waals surface area contributed by atoms with Gasteiger partial charge in [0, 0.05) is 11.1 Å². The van der Waals surface area contributed by atoms with Gasteiger partial charge in [0.25, 0.3) is 0 Å². The Balaban J connectivity index is 1.24. The van der Waals surface area contributed by atoms with Crippen LogP contribution in [0.25, 0.3) is 88.6 Å². The summed E-state index contributed by atoms with van der Waals surface area (Å²) in [5, 5.41) is 7.97. The average molecular weight is 692 g/mol. The number of hydrogen-bond donors (Lipinski definition) is 0. The highest BCUT2D eigenvalue weighted by Gasteiger charge is 2.38. The molecule has 8 aromatic carbocycles. The van der Waals surface area contributed by atoms with Gasteiger partial charge in [-0.25, -0.2) is 4.98 Å². The zero-order valence-corrected chi connectivity index (χ0v) is 30.8. The maximum Gasteiger partial charge on any atom is 0.113 e. The molecule has 1 aliphatic heterocycles. The summed E-state index contributed by atoms with van der Waals surface area (Å²) < 4.78 is 0. The molecule has 250 valence electrons. The van der Waals surface area contributed by atoms with Crippen LogP contribution in [0.5, 0.6) is 0 Å². The van der Waals surface area contributed by atoms with Crippen LogP contribution in [0, 0.1) is 0 Å². The monoisotopic (exact) mass is 691 g/mol. The van der Waals surface area contributed by atoms with Crippen molar-refractivity contribution in [3.63, 3.8) is 0 Å². The number of aromatic nitrogens is 1. The molecular weight excluding hydrogens is 655 g/mol. The summed E-state index contributed by atoms with van der Waals surface area (Å²) in [5.41, 5.74) is 14.4. The second-order valence-corrected chi connectivity index (χ2v) is 19.0. The van der Waals surface area contributed by atoms with Gasteiger partial charge in [-0.2, -0.15) is 0 Å². The predicted octanol–water partition coefficient (Wildman–Crippen LogP) is 12.5. The first-order valence-electron chi connectivity index (χ1n) is 18.5. The van der Waals surface area contributed by atoms with E-state index in [0.717, 1.165) is 22.5 Å². The van der Waals surface area contributed by atoms with Crippen LogP contribution in [-0.2, 0) is 0 Å². The molecule has 9 aromatic rings. The van der Waals surface area contributed by atoms with Gasteiger partial charge < -0.3 is 0 Å². The highest BCUT2D eigenvalue weighted by molar-refractivity contribution is 7.04. The summed E-state index contributed by atoms with van der Waals surface area (Å²) in [4.78, 5) is 5.52. The molecule has 0 radical (unpaired) electrons. The summed E-state index contributed by atoms with van der Waals surface area (Å²) in [7, 11) is -1.85. The summed E-state index contributed by atoms with van der Waals surface area (Å²) in [6, 6.07) is 68.7. The Morgan fingerprint density at radius 2 is 0.774 bits per heavy atom. The van der Waals surface area contributed by atoms with E-state index in [0.29, 0.717) is 0 Å². The highest BCUT2D eigenvalue weighted by atomic mass is 28.3. The lowest BCUT2D eigenvalue weighted by atomic mass is 9.84. The van der Waals surface area contributed by atoms with E-state index in [2.05, 4.69) is 201 Å². The van der Waals surface area contributed by atoms with Crippen LogP contribution in [0.15, 0.2) is 188 Å². The number of fused-ring (bicyclic) bond motifs is 5. The zero-order chi connectivity index (χ0) is 35.5. The van der Waals surface area contributed by atoms with Gasteiger partial charge in [0.05, 0.1) is 11.4 Å². The van der Waals surface area contributed by atoms with E-state index in [1.807, 2.05) is 0 Å². The van der Waals surface area contributed by atoms with Crippen LogP contribution < -0.4 is 10.4 Å². The summed E-state index contributed by atoms with van der Waals surface area (Å²) in [6.07, 6.45) is 0. The number of pyridine rings is 1. The van der Waals surface area contributed by atoms with Gasteiger partial charge in [-0.3, -0.25) is 0 Å². The number of benzene rings is 8. The van der Waals surface area contributed by atoms with E-state index >= 15 is 0 Å². The zero-order valence-electron chi connectivity index (χ0n) is 29.8. The van der Waals surface area contributed by atoms with Gasteiger partial charge in [-0.1, -0.05) is 189 Å². The fraction of sp³-hybridized carbons (Fsp3) is 0.0392. The topological polar surface area (TPSA) is 12.9 Å². The maximum atomic E-state index is 5.52. The largest absolute Gasteiger partial charge is 0.248 e. The van der Waals surface area contributed by atoms with Crippen LogP contribution in [0.4, 0.5) is 0 Å². The quantitative estimate of drug-likeness (QED) is 0.129. The highest BCUT2D eigenvalue weighted by Crippen LogP contribution is 2.47. The second-order valence-electron chi connectivity index (χ2n) is 14.7. The molecule has 0 N–H and O–H groups in total. The lowest BCUT2D eigenvalue weighted by Gasteiger charge is -2.21. The van der Waals surface area contributed by atoms with Crippen molar-refractivity contribution >= 4 is 40.0 Å². The standard InChI is InChI=1S/C51H37NSi/c1-53(2)47-26-14-13-24-43(47)51-44(25-15-27-48(51)53)49-39-20-9-11-22-41(39)50(42-23-12-10-21-40(42)49)46-33-38(35-18-7-4-8-19-35)32-45(52-46)37-30-28-36(29-31-37)34-16-5-3-6-17-34/h3-33H,1-2H3. The van der Waals surface area contributed by atoms with Crippen molar-refractivity contribution in [2.24, 2.45) is 0 Å². The summed E-state index contributed by atoms with van der Waals surface area (Å²) in [5.74, 6) is 0. The van der Waals surface area contributed by atoms with E-state index < -0.39 is 8.07 Å². The predicted molar refractivity (Wildman–Crippen MR) is 229 cm³/mol.